The third-order valence-corrected chi connectivity index (χ3v) is 9.57. The number of fused-ring (bicyclic) bond motifs is 2. The van der Waals surface area contributed by atoms with Crippen molar-refractivity contribution in [2.45, 2.75) is 43.3 Å². The lowest BCUT2D eigenvalue weighted by Crippen LogP contribution is -2.33. The molecule has 0 unspecified atom stereocenters. The van der Waals surface area contributed by atoms with Crippen LogP contribution in [0.3, 0.4) is 0 Å². The summed E-state index contributed by atoms with van der Waals surface area (Å²) in [5.41, 5.74) is 3.33. The normalized spacial score (nSPS) is 12.4. The molecule has 3 aromatic carbocycles. The summed E-state index contributed by atoms with van der Waals surface area (Å²) < 4.78 is 23.3. The van der Waals surface area contributed by atoms with Gasteiger partial charge in [0.1, 0.15) is 0 Å². The topological polar surface area (TPSA) is 143 Å². The van der Waals surface area contributed by atoms with Gasteiger partial charge in [0.15, 0.2) is 28.2 Å². The van der Waals surface area contributed by atoms with Crippen molar-refractivity contribution in [3.05, 3.63) is 112 Å². The third kappa shape index (κ3) is 7.84. The number of hydrogen-bond donors (Lipinski definition) is 2. The summed E-state index contributed by atoms with van der Waals surface area (Å²) in [5, 5.41) is 6.18. The number of hydrogen-bond acceptors (Lipinski definition) is 10. The minimum absolute atomic E-state index is 0.0621. The fourth-order valence-electron chi connectivity index (χ4n) is 5.48. The zero-order chi connectivity index (χ0) is 35.0. The molecule has 0 saturated heterocycles. The molecule has 2 amide bonds. The van der Waals surface area contributed by atoms with E-state index in [1.165, 1.54) is 11.8 Å². The van der Waals surface area contributed by atoms with Crippen LogP contribution >= 0.6 is 11.8 Å². The van der Waals surface area contributed by atoms with Crippen molar-refractivity contribution in [2.24, 2.45) is 0 Å². The number of nitrogens with one attached hydrogen (secondary N) is 2. The molecular weight excluding hydrogens is 659 g/mol. The van der Waals surface area contributed by atoms with E-state index in [0.717, 1.165) is 16.7 Å². The molecule has 5 aromatic rings. The van der Waals surface area contributed by atoms with E-state index in [-0.39, 0.29) is 30.7 Å². The highest BCUT2D eigenvalue weighted by Crippen LogP contribution is 2.36. The van der Waals surface area contributed by atoms with Crippen molar-refractivity contribution in [2.75, 3.05) is 27.6 Å². The van der Waals surface area contributed by atoms with Crippen molar-refractivity contribution in [3.63, 3.8) is 0 Å². The first-order valence-corrected chi connectivity index (χ1v) is 17.0. The number of rotatable bonds is 14. The molecule has 1 atom stereocenters. The lowest BCUT2D eigenvalue weighted by atomic mass is 10.1. The summed E-state index contributed by atoms with van der Waals surface area (Å²) in [5.74, 6) is 1.89. The molecular formula is C37H37N5O7S. The molecule has 0 aliphatic carbocycles. The van der Waals surface area contributed by atoms with E-state index < -0.39 is 5.25 Å². The van der Waals surface area contributed by atoms with Crippen molar-refractivity contribution in [1.82, 2.24) is 25.2 Å². The highest BCUT2D eigenvalue weighted by atomic mass is 32.2. The van der Waals surface area contributed by atoms with Crippen LogP contribution in [0.2, 0.25) is 0 Å². The molecule has 0 radical (unpaired) electrons. The Morgan fingerprint density at radius 1 is 0.940 bits per heavy atom. The Morgan fingerprint density at radius 3 is 2.42 bits per heavy atom. The van der Waals surface area contributed by atoms with E-state index in [2.05, 4.69) is 15.6 Å². The van der Waals surface area contributed by atoms with E-state index in [1.807, 2.05) is 49.4 Å². The summed E-state index contributed by atoms with van der Waals surface area (Å²) in [6, 6.07) is 19.8. The number of thioether (sulfide) groups is 1. The van der Waals surface area contributed by atoms with E-state index >= 15 is 0 Å². The molecule has 0 spiro atoms. The quantitative estimate of drug-likeness (QED) is 0.124. The van der Waals surface area contributed by atoms with Crippen molar-refractivity contribution in [3.8, 4) is 23.0 Å². The number of carbonyl (C=O) groups is 2. The molecule has 12 nitrogen and oxygen atoms in total. The number of nitrogens with zero attached hydrogens (tertiary/aromatic N) is 3. The zero-order valence-corrected chi connectivity index (χ0v) is 28.7. The van der Waals surface area contributed by atoms with Crippen LogP contribution < -0.4 is 35.1 Å². The first-order chi connectivity index (χ1) is 24.4. The van der Waals surface area contributed by atoms with Gasteiger partial charge in [0.05, 0.1) is 36.9 Å². The van der Waals surface area contributed by atoms with Gasteiger partial charge in [-0.25, -0.2) is 4.98 Å². The van der Waals surface area contributed by atoms with Crippen LogP contribution in [-0.4, -0.2) is 59.2 Å². The summed E-state index contributed by atoms with van der Waals surface area (Å²) >= 11 is 1.23. The van der Waals surface area contributed by atoms with Gasteiger partial charge in [0.2, 0.25) is 12.7 Å². The maximum atomic E-state index is 14.0. The lowest BCUT2D eigenvalue weighted by molar-refractivity contribution is -0.120. The maximum Gasteiger partial charge on any atom is 0.262 e. The van der Waals surface area contributed by atoms with Gasteiger partial charge >= 0.3 is 0 Å². The van der Waals surface area contributed by atoms with Crippen molar-refractivity contribution >= 4 is 34.5 Å². The fourth-order valence-corrected chi connectivity index (χ4v) is 6.52. The first kappa shape index (κ1) is 34.3. The lowest BCUT2D eigenvalue weighted by Gasteiger charge is -2.18. The number of pyridine rings is 1. The first-order valence-electron chi connectivity index (χ1n) is 16.1. The molecule has 6 rings (SSSR count). The molecule has 0 saturated carbocycles. The SMILES string of the molecule is CC[C@@H](Sc1nc2cc3c(cc2c(=O)n1Cc1ccc(C(=O)NCCc2ccc(OC)c(OC)c2)cc1)OCO3)C(=O)NCc1cccnc1. The molecule has 50 heavy (non-hydrogen) atoms. The van der Waals surface area contributed by atoms with Gasteiger partial charge in [-0.05, 0) is 65.9 Å². The van der Waals surface area contributed by atoms with Gasteiger partial charge in [-0.3, -0.25) is 23.9 Å². The van der Waals surface area contributed by atoms with Gasteiger partial charge in [-0.1, -0.05) is 43.0 Å². The molecule has 258 valence electrons. The standard InChI is InChI=1S/C37H37N5O7S/c1-4-33(35(44)40-20-25-6-5-14-38-19-25)50-37-41-28-18-32-31(48-22-49-32)17-27(28)36(45)42(37)21-24-7-10-26(11-8-24)34(43)39-15-13-23-9-12-29(46-2)30(16-23)47-3/h5-12,14,16-19,33H,4,13,15,20-22H2,1-3H3,(H,39,43)(H,40,44)/t33-/m1/s1. The maximum absolute atomic E-state index is 14.0. The van der Waals surface area contributed by atoms with Crippen LogP contribution in [0, 0.1) is 0 Å². The Hall–Kier alpha value is -5.56. The molecule has 13 heteroatoms. The second-order valence-corrected chi connectivity index (χ2v) is 12.7. The fraction of sp³-hybridized carbons (Fsp3) is 0.270. The largest absolute Gasteiger partial charge is 0.493 e. The van der Waals surface area contributed by atoms with Crippen LogP contribution in [0.5, 0.6) is 23.0 Å². The van der Waals surface area contributed by atoms with Crippen LogP contribution in [0.4, 0.5) is 0 Å². The molecule has 2 aromatic heterocycles. The average molecular weight is 696 g/mol. The Kier molecular flexibility index (Phi) is 10.8. The molecule has 3 heterocycles. The van der Waals surface area contributed by atoms with Crippen molar-refractivity contribution in [1.29, 1.82) is 0 Å². The molecule has 0 bridgehead atoms. The van der Waals surface area contributed by atoms with Gasteiger partial charge in [0.25, 0.3) is 11.5 Å². The Balaban J connectivity index is 1.19. The Bertz CT molecular complexity index is 2050. The summed E-state index contributed by atoms with van der Waals surface area (Å²) in [7, 11) is 3.17. The average Bonchev–Trinajstić information content (AvgIpc) is 3.61. The molecule has 1 aliphatic heterocycles. The van der Waals surface area contributed by atoms with Crippen molar-refractivity contribution < 1.29 is 28.5 Å². The molecule has 1 aliphatic rings. The van der Waals surface area contributed by atoms with Gasteiger partial charge < -0.3 is 29.6 Å². The Labute approximate surface area is 293 Å². The number of amides is 2. The molecule has 2 N–H and O–H groups in total. The predicted molar refractivity (Wildman–Crippen MR) is 189 cm³/mol. The second-order valence-electron chi connectivity index (χ2n) is 11.5. The summed E-state index contributed by atoms with van der Waals surface area (Å²) in [6.07, 6.45) is 4.51. The van der Waals surface area contributed by atoms with Gasteiger partial charge in [0, 0.05) is 37.1 Å². The van der Waals surface area contributed by atoms with E-state index in [4.69, 9.17) is 23.9 Å². The highest BCUT2D eigenvalue weighted by Gasteiger charge is 2.24. The Morgan fingerprint density at radius 2 is 1.70 bits per heavy atom. The number of carbonyl (C=O) groups excluding carboxylic acids is 2. The third-order valence-electron chi connectivity index (χ3n) is 8.22. The van der Waals surface area contributed by atoms with E-state index in [9.17, 15) is 14.4 Å². The number of benzene rings is 3. The summed E-state index contributed by atoms with van der Waals surface area (Å²) in [6.45, 7) is 2.92. The predicted octanol–water partition coefficient (Wildman–Crippen LogP) is 4.75. The molecule has 0 fully saturated rings. The highest BCUT2D eigenvalue weighted by molar-refractivity contribution is 8.00. The minimum atomic E-state index is -0.513. The second kappa shape index (κ2) is 15.8. The zero-order valence-electron chi connectivity index (χ0n) is 27.9. The van der Waals surface area contributed by atoms with Crippen LogP contribution in [0.25, 0.3) is 10.9 Å². The van der Waals surface area contributed by atoms with Crippen LogP contribution in [0.15, 0.2) is 89.1 Å². The minimum Gasteiger partial charge on any atom is -0.493 e. The number of methoxy groups -OCH3 is 2. The van der Waals surface area contributed by atoms with Gasteiger partial charge in [-0.15, -0.1) is 0 Å². The number of ether oxygens (including phenoxy) is 4. The summed E-state index contributed by atoms with van der Waals surface area (Å²) in [4.78, 5) is 49.2. The van der Waals surface area contributed by atoms with E-state index in [1.54, 1.807) is 55.4 Å². The monoisotopic (exact) mass is 695 g/mol. The van der Waals surface area contributed by atoms with Gasteiger partial charge in [-0.2, -0.15) is 0 Å². The van der Waals surface area contributed by atoms with Crippen LogP contribution in [-0.2, 0) is 24.3 Å². The van der Waals surface area contributed by atoms with Crippen LogP contribution in [0.1, 0.15) is 40.4 Å². The smallest absolute Gasteiger partial charge is 0.262 e. The number of aromatic nitrogens is 3. The van der Waals surface area contributed by atoms with E-state index in [0.29, 0.717) is 70.6 Å².